The molecule has 0 saturated heterocycles. The number of rotatable bonds is 7. The Labute approximate surface area is 244 Å². The Balaban J connectivity index is 1.27. The lowest BCUT2D eigenvalue weighted by Crippen LogP contribution is -2.09. The number of carbonyl (C=O) groups excluding carboxylic acids is 1. The van der Waals surface area contributed by atoms with Crippen molar-refractivity contribution in [3.63, 3.8) is 0 Å². The Morgan fingerprint density at radius 2 is 1.12 bits per heavy atom. The Morgan fingerprint density at radius 1 is 0.548 bits per heavy atom. The van der Waals surface area contributed by atoms with Crippen LogP contribution in [-0.2, 0) is 11.3 Å². The molecule has 7 aromatic rings. The molecule has 4 nitrogen and oxygen atoms in total. The van der Waals surface area contributed by atoms with Crippen LogP contribution in [0.5, 0.6) is 0 Å². The second-order valence-electron chi connectivity index (χ2n) is 10.2. The van der Waals surface area contributed by atoms with Crippen molar-refractivity contribution in [2.45, 2.75) is 6.61 Å². The lowest BCUT2D eigenvalue weighted by molar-refractivity contribution is 0.0472. The zero-order valence-corrected chi connectivity index (χ0v) is 22.9. The number of nitrogens with zero attached hydrogens (tertiary/aromatic N) is 2. The average Bonchev–Trinajstić information content (AvgIpc) is 3.39. The van der Waals surface area contributed by atoms with Crippen molar-refractivity contribution in [2.24, 2.45) is 0 Å². The zero-order valence-electron chi connectivity index (χ0n) is 22.9. The first-order valence-corrected chi connectivity index (χ1v) is 14.0. The Bertz CT molecular complexity index is 1940. The van der Waals surface area contributed by atoms with Crippen LogP contribution in [0.25, 0.3) is 27.5 Å². The van der Waals surface area contributed by atoms with Crippen LogP contribution < -0.4 is 4.90 Å². The van der Waals surface area contributed by atoms with Crippen molar-refractivity contribution in [1.29, 1.82) is 0 Å². The topological polar surface area (TPSA) is 34.5 Å². The maximum absolute atomic E-state index is 12.7. The number of para-hydroxylation sites is 3. The number of benzene rings is 6. The van der Waals surface area contributed by atoms with Crippen LogP contribution in [0.15, 0.2) is 158 Å². The van der Waals surface area contributed by atoms with Gasteiger partial charge in [0.1, 0.15) is 6.61 Å². The molecule has 0 amide bonds. The summed E-state index contributed by atoms with van der Waals surface area (Å²) in [5, 5.41) is 2.33. The van der Waals surface area contributed by atoms with E-state index < -0.39 is 0 Å². The third-order valence-electron chi connectivity index (χ3n) is 7.52. The second kappa shape index (κ2) is 11.1. The molecule has 42 heavy (non-hydrogen) atoms. The molecule has 0 spiro atoms. The number of carbonyl (C=O) groups is 1. The van der Waals surface area contributed by atoms with E-state index in [0.29, 0.717) is 5.56 Å². The van der Waals surface area contributed by atoms with Crippen LogP contribution in [0.2, 0.25) is 0 Å². The summed E-state index contributed by atoms with van der Waals surface area (Å²) in [5.74, 6) is -0.334. The molecule has 0 aliphatic rings. The van der Waals surface area contributed by atoms with Gasteiger partial charge in [-0.3, -0.25) is 0 Å². The van der Waals surface area contributed by atoms with Gasteiger partial charge >= 0.3 is 5.97 Å². The van der Waals surface area contributed by atoms with Crippen molar-refractivity contribution < 1.29 is 9.53 Å². The van der Waals surface area contributed by atoms with Crippen LogP contribution >= 0.6 is 0 Å². The highest BCUT2D eigenvalue weighted by atomic mass is 16.5. The molecule has 4 heteroatoms. The van der Waals surface area contributed by atoms with E-state index in [9.17, 15) is 4.79 Å². The number of aromatic nitrogens is 1. The van der Waals surface area contributed by atoms with Crippen molar-refractivity contribution in [3.8, 4) is 5.69 Å². The number of hydrogen-bond donors (Lipinski definition) is 0. The molecule has 1 heterocycles. The summed E-state index contributed by atoms with van der Waals surface area (Å²) in [7, 11) is 0. The summed E-state index contributed by atoms with van der Waals surface area (Å²) in [4.78, 5) is 15.0. The maximum atomic E-state index is 12.7. The third kappa shape index (κ3) is 4.80. The van der Waals surface area contributed by atoms with Gasteiger partial charge in [-0.05, 0) is 78.4 Å². The lowest BCUT2D eigenvalue weighted by Gasteiger charge is -2.25. The fourth-order valence-corrected chi connectivity index (χ4v) is 5.53. The molecule has 202 valence electrons. The first-order valence-electron chi connectivity index (χ1n) is 14.0. The molecule has 0 aliphatic carbocycles. The molecule has 0 atom stereocenters. The monoisotopic (exact) mass is 544 g/mol. The predicted octanol–water partition coefficient (Wildman–Crippen LogP) is 9.61. The summed E-state index contributed by atoms with van der Waals surface area (Å²) in [5.41, 5.74) is 7.96. The van der Waals surface area contributed by atoms with E-state index in [1.165, 1.54) is 5.39 Å². The summed E-state index contributed by atoms with van der Waals surface area (Å²) in [6.07, 6.45) is 0. The van der Waals surface area contributed by atoms with Gasteiger partial charge in [0.2, 0.25) is 0 Å². The van der Waals surface area contributed by atoms with E-state index in [2.05, 4.69) is 100 Å². The number of esters is 1. The van der Waals surface area contributed by atoms with Crippen LogP contribution in [-0.4, -0.2) is 10.5 Å². The molecule has 0 aliphatic heterocycles. The molecular weight excluding hydrogens is 516 g/mol. The summed E-state index contributed by atoms with van der Waals surface area (Å²) in [6.45, 7) is 0.250. The van der Waals surface area contributed by atoms with E-state index in [4.69, 9.17) is 4.74 Å². The minimum atomic E-state index is -0.334. The minimum Gasteiger partial charge on any atom is -0.457 e. The van der Waals surface area contributed by atoms with Gasteiger partial charge in [0.15, 0.2) is 0 Å². The van der Waals surface area contributed by atoms with E-state index in [1.807, 2.05) is 66.7 Å². The highest BCUT2D eigenvalue weighted by Crippen LogP contribution is 2.39. The Morgan fingerprint density at radius 3 is 1.79 bits per heavy atom. The fraction of sp³-hybridized carbons (Fsp3) is 0.0263. The van der Waals surface area contributed by atoms with Gasteiger partial charge in [-0.15, -0.1) is 0 Å². The average molecular weight is 545 g/mol. The number of anilines is 3. The van der Waals surface area contributed by atoms with E-state index in [1.54, 1.807) is 0 Å². The van der Waals surface area contributed by atoms with Gasteiger partial charge in [0, 0.05) is 33.5 Å². The van der Waals surface area contributed by atoms with E-state index in [0.717, 1.165) is 44.7 Å². The normalized spacial score (nSPS) is 11.0. The predicted molar refractivity (Wildman–Crippen MR) is 171 cm³/mol. The van der Waals surface area contributed by atoms with Crippen LogP contribution in [0.4, 0.5) is 17.1 Å². The van der Waals surface area contributed by atoms with Gasteiger partial charge in [-0.2, -0.15) is 0 Å². The molecule has 0 bridgehead atoms. The first kappa shape index (κ1) is 25.4. The molecule has 0 unspecified atom stereocenters. The van der Waals surface area contributed by atoms with Crippen LogP contribution in [0.3, 0.4) is 0 Å². The standard InChI is InChI=1S/C38H28N2O2/c41-38(42-27-28-12-4-1-5-13-28)29-20-22-32(23-21-29)40-36-19-11-10-18-34(36)35-26-33(24-25-37(35)40)39(30-14-6-2-7-15-30)31-16-8-3-9-17-31/h1-26H,27H2. The summed E-state index contributed by atoms with van der Waals surface area (Å²) in [6, 6.07) is 53.3. The number of ether oxygens (including phenoxy) is 1. The molecule has 7 rings (SSSR count). The lowest BCUT2D eigenvalue weighted by atomic mass is 10.1. The molecule has 0 saturated carbocycles. The van der Waals surface area contributed by atoms with Gasteiger partial charge in [-0.25, -0.2) is 4.79 Å². The minimum absolute atomic E-state index is 0.250. The first-order chi connectivity index (χ1) is 20.8. The maximum Gasteiger partial charge on any atom is 0.338 e. The number of fused-ring (bicyclic) bond motifs is 3. The molecular formula is C38H28N2O2. The van der Waals surface area contributed by atoms with Crippen molar-refractivity contribution in [1.82, 2.24) is 4.57 Å². The smallest absolute Gasteiger partial charge is 0.338 e. The summed E-state index contributed by atoms with van der Waals surface area (Å²) >= 11 is 0. The second-order valence-corrected chi connectivity index (χ2v) is 10.2. The quantitative estimate of drug-likeness (QED) is 0.187. The van der Waals surface area contributed by atoms with Crippen molar-refractivity contribution in [3.05, 3.63) is 169 Å². The molecule has 0 radical (unpaired) electrons. The molecule has 0 fully saturated rings. The van der Waals surface area contributed by atoms with Gasteiger partial charge in [0.25, 0.3) is 0 Å². The van der Waals surface area contributed by atoms with Crippen molar-refractivity contribution in [2.75, 3.05) is 4.90 Å². The SMILES string of the molecule is O=C(OCc1ccccc1)c1ccc(-n2c3ccccc3c3cc(N(c4ccccc4)c4ccccc4)ccc32)cc1. The largest absolute Gasteiger partial charge is 0.457 e. The van der Waals surface area contributed by atoms with Gasteiger partial charge < -0.3 is 14.2 Å². The third-order valence-corrected chi connectivity index (χ3v) is 7.52. The highest BCUT2D eigenvalue weighted by molar-refractivity contribution is 6.10. The molecule has 0 N–H and O–H groups in total. The van der Waals surface area contributed by atoms with Crippen LogP contribution in [0, 0.1) is 0 Å². The molecule has 1 aromatic heterocycles. The molecule has 6 aromatic carbocycles. The summed E-state index contributed by atoms with van der Waals surface area (Å²) < 4.78 is 7.80. The Hall–Kier alpha value is -5.61. The Kier molecular flexibility index (Phi) is 6.71. The van der Waals surface area contributed by atoms with E-state index in [-0.39, 0.29) is 12.6 Å². The zero-order chi connectivity index (χ0) is 28.3. The fourth-order valence-electron chi connectivity index (χ4n) is 5.53. The van der Waals surface area contributed by atoms with Crippen molar-refractivity contribution >= 4 is 44.8 Å². The van der Waals surface area contributed by atoms with Gasteiger partial charge in [-0.1, -0.05) is 84.9 Å². The van der Waals surface area contributed by atoms with Crippen LogP contribution in [0.1, 0.15) is 15.9 Å². The van der Waals surface area contributed by atoms with Gasteiger partial charge in [0.05, 0.1) is 16.6 Å². The van der Waals surface area contributed by atoms with E-state index >= 15 is 0 Å². The number of hydrogen-bond acceptors (Lipinski definition) is 3. The highest BCUT2D eigenvalue weighted by Gasteiger charge is 2.17.